The van der Waals surface area contributed by atoms with Gasteiger partial charge in [-0.25, -0.2) is 0 Å². The van der Waals surface area contributed by atoms with E-state index in [1.165, 1.54) is 0 Å². The maximum absolute atomic E-state index is 12.2. The Kier molecular flexibility index (Phi) is 5.29. The molecule has 0 spiro atoms. The van der Waals surface area contributed by atoms with Crippen LogP contribution in [0, 0.1) is 0 Å². The lowest BCUT2D eigenvalue weighted by Gasteiger charge is -2.14. The van der Waals surface area contributed by atoms with E-state index in [2.05, 4.69) is 25.3 Å². The second-order valence-electron chi connectivity index (χ2n) is 6.76. The molecule has 8 heteroatoms. The van der Waals surface area contributed by atoms with E-state index in [1.807, 2.05) is 49.5 Å². The highest BCUT2D eigenvalue weighted by atomic mass is 16.5. The first kappa shape index (κ1) is 18.1. The zero-order valence-electron chi connectivity index (χ0n) is 15.5. The van der Waals surface area contributed by atoms with Gasteiger partial charge in [-0.05, 0) is 37.7 Å². The molecule has 2 atom stereocenters. The average molecular weight is 379 g/mol. The molecule has 1 aromatic carbocycles. The summed E-state index contributed by atoms with van der Waals surface area (Å²) in [6.45, 7) is 0.687. The lowest BCUT2D eigenvalue weighted by atomic mass is 10.1. The lowest BCUT2D eigenvalue weighted by molar-refractivity contribution is -0.123. The summed E-state index contributed by atoms with van der Waals surface area (Å²) in [6, 6.07) is 12.9. The Labute approximate surface area is 162 Å². The van der Waals surface area contributed by atoms with Crippen molar-refractivity contribution in [2.45, 2.75) is 18.5 Å². The van der Waals surface area contributed by atoms with Crippen LogP contribution in [0.2, 0.25) is 0 Å². The summed E-state index contributed by atoms with van der Waals surface area (Å²) in [5.41, 5.74) is 0.807. The van der Waals surface area contributed by atoms with Gasteiger partial charge in [0.2, 0.25) is 11.7 Å². The second-order valence-corrected chi connectivity index (χ2v) is 6.76. The van der Waals surface area contributed by atoms with Crippen LogP contribution in [-0.2, 0) is 4.79 Å². The quantitative estimate of drug-likeness (QED) is 0.701. The minimum atomic E-state index is -0.149. The predicted molar refractivity (Wildman–Crippen MR) is 101 cm³/mol. The summed E-state index contributed by atoms with van der Waals surface area (Å²) in [6.07, 6.45) is 4.09. The number of aromatic nitrogens is 3. The van der Waals surface area contributed by atoms with Crippen molar-refractivity contribution in [1.29, 1.82) is 0 Å². The van der Waals surface area contributed by atoms with Gasteiger partial charge in [0.25, 0.3) is 5.91 Å². The molecule has 1 saturated heterocycles. The van der Waals surface area contributed by atoms with Crippen LogP contribution in [0.5, 0.6) is 5.75 Å². The summed E-state index contributed by atoms with van der Waals surface area (Å²) < 4.78 is 11.0. The van der Waals surface area contributed by atoms with Gasteiger partial charge < -0.3 is 14.6 Å². The van der Waals surface area contributed by atoms with Crippen LogP contribution >= 0.6 is 0 Å². The number of amides is 1. The van der Waals surface area contributed by atoms with Gasteiger partial charge in [-0.1, -0.05) is 23.4 Å². The summed E-state index contributed by atoms with van der Waals surface area (Å²) in [7, 11) is 1.98. The van der Waals surface area contributed by atoms with Crippen molar-refractivity contribution >= 4 is 5.91 Å². The van der Waals surface area contributed by atoms with Gasteiger partial charge in [-0.15, -0.1) is 0 Å². The molecule has 3 heterocycles. The number of benzene rings is 1. The predicted octanol–water partition coefficient (Wildman–Crippen LogP) is 2.07. The number of nitrogens with zero attached hydrogens (tertiary/aromatic N) is 4. The fourth-order valence-corrected chi connectivity index (χ4v) is 3.31. The van der Waals surface area contributed by atoms with Crippen LogP contribution in [0.25, 0.3) is 11.4 Å². The molecular formula is C20H21N5O3. The molecule has 1 aliphatic heterocycles. The minimum absolute atomic E-state index is 0.00406. The van der Waals surface area contributed by atoms with Crippen molar-refractivity contribution in [2.24, 2.45) is 0 Å². The Bertz CT molecular complexity index is 916. The normalized spacial score (nSPS) is 19.5. The van der Waals surface area contributed by atoms with Crippen molar-refractivity contribution in [2.75, 3.05) is 20.2 Å². The maximum atomic E-state index is 12.2. The number of likely N-dealkylation sites (tertiary alicyclic amines) is 1. The third-order valence-corrected chi connectivity index (χ3v) is 4.67. The molecule has 2 aromatic heterocycles. The van der Waals surface area contributed by atoms with E-state index in [0.717, 1.165) is 5.56 Å². The van der Waals surface area contributed by atoms with Crippen molar-refractivity contribution < 1.29 is 14.1 Å². The molecule has 1 amide bonds. The van der Waals surface area contributed by atoms with Gasteiger partial charge in [-0.3, -0.25) is 14.7 Å². The Hall–Kier alpha value is -3.26. The Balaban J connectivity index is 1.33. The molecule has 2 unspecified atom stereocenters. The Morgan fingerprint density at radius 2 is 2.14 bits per heavy atom. The summed E-state index contributed by atoms with van der Waals surface area (Å²) in [4.78, 5) is 22.9. The van der Waals surface area contributed by atoms with Gasteiger partial charge >= 0.3 is 0 Å². The SMILES string of the molecule is CN1CC(NC(=O)COc2ccccc2)CC1c1nc(-c2cccnc2)no1. The third-order valence-electron chi connectivity index (χ3n) is 4.67. The van der Waals surface area contributed by atoms with Crippen LogP contribution in [-0.4, -0.2) is 52.2 Å². The number of hydrogen-bond donors (Lipinski definition) is 1. The molecule has 0 saturated carbocycles. The van der Waals surface area contributed by atoms with Crippen LogP contribution in [0.3, 0.4) is 0 Å². The van der Waals surface area contributed by atoms with Gasteiger partial charge in [0.1, 0.15) is 5.75 Å². The van der Waals surface area contributed by atoms with Gasteiger partial charge in [0.15, 0.2) is 6.61 Å². The van der Waals surface area contributed by atoms with Crippen LogP contribution in [0.4, 0.5) is 0 Å². The molecule has 0 bridgehead atoms. The summed E-state index contributed by atoms with van der Waals surface area (Å²) in [5, 5.41) is 7.07. The van der Waals surface area contributed by atoms with Gasteiger partial charge in [0.05, 0.1) is 6.04 Å². The van der Waals surface area contributed by atoms with Crippen molar-refractivity contribution in [3.63, 3.8) is 0 Å². The van der Waals surface area contributed by atoms with Crippen LogP contribution in [0.15, 0.2) is 59.4 Å². The zero-order chi connectivity index (χ0) is 19.3. The zero-order valence-corrected chi connectivity index (χ0v) is 15.5. The number of hydrogen-bond acceptors (Lipinski definition) is 7. The molecule has 1 fully saturated rings. The number of likely N-dealkylation sites (N-methyl/N-ethyl adjacent to an activating group) is 1. The molecule has 0 aliphatic carbocycles. The van der Waals surface area contributed by atoms with Crippen LogP contribution in [0.1, 0.15) is 18.4 Å². The number of carbonyl (C=O) groups is 1. The number of carbonyl (C=O) groups excluding carboxylic acids is 1. The van der Waals surface area contributed by atoms with E-state index >= 15 is 0 Å². The fraction of sp³-hybridized carbons (Fsp3) is 0.300. The van der Waals surface area contributed by atoms with Gasteiger partial charge in [-0.2, -0.15) is 4.98 Å². The number of pyridine rings is 1. The molecule has 4 rings (SSSR count). The molecule has 1 aliphatic rings. The maximum Gasteiger partial charge on any atom is 0.258 e. The monoisotopic (exact) mass is 379 g/mol. The molecule has 144 valence electrons. The number of para-hydroxylation sites is 1. The molecule has 0 radical (unpaired) electrons. The number of ether oxygens (including phenoxy) is 1. The molecule has 1 N–H and O–H groups in total. The molecule has 28 heavy (non-hydrogen) atoms. The molecular weight excluding hydrogens is 358 g/mol. The highest BCUT2D eigenvalue weighted by molar-refractivity contribution is 5.77. The van der Waals surface area contributed by atoms with Crippen molar-refractivity contribution in [3.8, 4) is 17.1 Å². The summed E-state index contributed by atoms with van der Waals surface area (Å²) in [5.74, 6) is 1.58. The third kappa shape index (κ3) is 4.17. The van der Waals surface area contributed by atoms with Gasteiger partial charge in [0, 0.05) is 30.5 Å². The number of nitrogens with one attached hydrogen (secondary N) is 1. The van der Waals surface area contributed by atoms with E-state index in [9.17, 15) is 4.79 Å². The highest BCUT2D eigenvalue weighted by Gasteiger charge is 2.35. The standard InChI is InChI=1S/C20H21N5O3/c1-25-12-15(22-18(26)13-27-16-7-3-2-4-8-16)10-17(25)20-23-19(24-28-20)14-6-5-9-21-11-14/h2-9,11,15,17H,10,12-13H2,1H3,(H,22,26). The summed E-state index contributed by atoms with van der Waals surface area (Å²) >= 11 is 0. The Morgan fingerprint density at radius 3 is 2.93 bits per heavy atom. The lowest BCUT2D eigenvalue weighted by Crippen LogP contribution is -2.39. The highest BCUT2D eigenvalue weighted by Crippen LogP contribution is 2.30. The smallest absolute Gasteiger partial charge is 0.258 e. The first-order chi connectivity index (χ1) is 13.7. The Morgan fingerprint density at radius 1 is 1.29 bits per heavy atom. The van der Waals surface area contributed by atoms with E-state index in [-0.39, 0.29) is 24.6 Å². The van der Waals surface area contributed by atoms with E-state index in [4.69, 9.17) is 9.26 Å². The second kappa shape index (κ2) is 8.18. The minimum Gasteiger partial charge on any atom is -0.484 e. The average Bonchev–Trinajstić information content (AvgIpc) is 3.34. The van der Waals surface area contributed by atoms with E-state index in [1.54, 1.807) is 12.4 Å². The molecule has 3 aromatic rings. The van der Waals surface area contributed by atoms with E-state index in [0.29, 0.717) is 30.4 Å². The largest absolute Gasteiger partial charge is 0.484 e. The molecule has 8 nitrogen and oxygen atoms in total. The first-order valence-electron chi connectivity index (χ1n) is 9.10. The van der Waals surface area contributed by atoms with Crippen molar-refractivity contribution in [3.05, 3.63) is 60.7 Å². The number of rotatable bonds is 6. The van der Waals surface area contributed by atoms with Crippen LogP contribution < -0.4 is 10.1 Å². The fourth-order valence-electron chi connectivity index (χ4n) is 3.31. The van der Waals surface area contributed by atoms with Crippen molar-refractivity contribution in [1.82, 2.24) is 25.3 Å². The topological polar surface area (TPSA) is 93.4 Å². The van der Waals surface area contributed by atoms with E-state index < -0.39 is 0 Å². The first-order valence-corrected chi connectivity index (χ1v) is 9.10.